The van der Waals surface area contributed by atoms with Crippen molar-refractivity contribution in [3.63, 3.8) is 0 Å². The van der Waals surface area contributed by atoms with E-state index >= 15 is 0 Å². The van der Waals surface area contributed by atoms with Gasteiger partial charge in [0.2, 0.25) is 5.91 Å². The monoisotopic (exact) mass is 326 g/mol. The van der Waals surface area contributed by atoms with Gasteiger partial charge in [-0.3, -0.25) is 9.69 Å². The van der Waals surface area contributed by atoms with Crippen LogP contribution in [-0.4, -0.2) is 30.4 Å². The third-order valence-corrected chi connectivity index (χ3v) is 3.40. The van der Waals surface area contributed by atoms with Crippen LogP contribution < -0.4 is 5.32 Å². The molecule has 3 nitrogen and oxygen atoms in total. The first kappa shape index (κ1) is 16.2. The summed E-state index contributed by atoms with van der Waals surface area (Å²) in [5.41, 5.74) is 1.96. The maximum atomic E-state index is 12.0. The molecule has 1 rings (SSSR count). The van der Waals surface area contributed by atoms with Crippen LogP contribution in [0.2, 0.25) is 0 Å². The van der Waals surface area contributed by atoms with Crippen LogP contribution in [0.5, 0.6) is 0 Å². The highest BCUT2D eigenvalue weighted by Crippen LogP contribution is 2.19. The Balaban J connectivity index is 2.58. The van der Waals surface area contributed by atoms with Gasteiger partial charge in [-0.15, -0.1) is 0 Å². The lowest BCUT2D eigenvalue weighted by Crippen LogP contribution is -2.34. The maximum Gasteiger partial charge on any atom is 0.238 e. The number of carbonyl (C=O) groups is 1. The number of halogens is 1. The largest absolute Gasteiger partial charge is 0.325 e. The van der Waals surface area contributed by atoms with Crippen LogP contribution in [-0.2, 0) is 4.79 Å². The number of hydrogen-bond donors (Lipinski definition) is 1. The van der Waals surface area contributed by atoms with E-state index in [-0.39, 0.29) is 5.91 Å². The van der Waals surface area contributed by atoms with Crippen molar-refractivity contribution in [1.29, 1.82) is 0 Å². The normalized spacial score (nSPS) is 10.8. The fraction of sp³-hybridized carbons (Fsp3) is 0.533. The van der Waals surface area contributed by atoms with Gasteiger partial charge in [0.1, 0.15) is 0 Å². The van der Waals surface area contributed by atoms with Gasteiger partial charge < -0.3 is 5.32 Å². The summed E-state index contributed by atoms with van der Waals surface area (Å²) in [6, 6.07) is 5.88. The fourth-order valence-electron chi connectivity index (χ4n) is 2.06. The molecule has 0 unspecified atom stereocenters. The minimum atomic E-state index is 0.0623. The average molecular weight is 327 g/mol. The van der Waals surface area contributed by atoms with Gasteiger partial charge in [-0.05, 0) is 56.6 Å². The van der Waals surface area contributed by atoms with Gasteiger partial charge in [-0.25, -0.2) is 0 Å². The first-order valence-corrected chi connectivity index (χ1v) is 7.64. The number of rotatable bonds is 7. The predicted molar refractivity (Wildman–Crippen MR) is 84.5 cm³/mol. The molecule has 0 saturated heterocycles. The number of nitrogens with zero attached hydrogens (tertiary/aromatic N) is 1. The lowest BCUT2D eigenvalue weighted by Gasteiger charge is -2.20. The maximum absolute atomic E-state index is 12.0. The second-order valence-corrected chi connectivity index (χ2v) is 5.70. The summed E-state index contributed by atoms with van der Waals surface area (Å²) in [6.45, 7) is 8.69. The molecule has 1 N–H and O–H groups in total. The topological polar surface area (TPSA) is 32.3 Å². The summed E-state index contributed by atoms with van der Waals surface area (Å²) in [5, 5.41) is 2.98. The molecule has 0 radical (unpaired) electrons. The summed E-state index contributed by atoms with van der Waals surface area (Å²) in [4.78, 5) is 14.2. The van der Waals surface area contributed by atoms with Crippen molar-refractivity contribution in [3.05, 3.63) is 28.2 Å². The van der Waals surface area contributed by atoms with Crippen LogP contribution in [0.15, 0.2) is 22.7 Å². The number of carbonyl (C=O) groups excluding carboxylic acids is 1. The number of benzene rings is 1. The van der Waals surface area contributed by atoms with Gasteiger partial charge in [-0.2, -0.15) is 0 Å². The van der Waals surface area contributed by atoms with Gasteiger partial charge in [0.25, 0.3) is 0 Å². The molecule has 0 saturated carbocycles. The zero-order chi connectivity index (χ0) is 14.3. The van der Waals surface area contributed by atoms with E-state index in [1.54, 1.807) is 0 Å². The zero-order valence-electron chi connectivity index (χ0n) is 12.0. The zero-order valence-corrected chi connectivity index (χ0v) is 13.6. The molecule has 4 heteroatoms. The molecule has 0 aliphatic rings. The van der Waals surface area contributed by atoms with Crippen molar-refractivity contribution < 1.29 is 4.79 Å². The first-order valence-electron chi connectivity index (χ1n) is 6.85. The third-order valence-electron chi connectivity index (χ3n) is 2.91. The van der Waals surface area contributed by atoms with E-state index in [4.69, 9.17) is 0 Å². The van der Waals surface area contributed by atoms with Crippen LogP contribution in [0, 0.1) is 6.92 Å². The van der Waals surface area contributed by atoms with Crippen molar-refractivity contribution in [3.8, 4) is 0 Å². The van der Waals surface area contributed by atoms with Crippen LogP contribution in [0.25, 0.3) is 0 Å². The highest BCUT2D eigenvalue weighted by molar-refractivity contribution is 9.10. The molecule has 0 aliphatic carbocycles. The second-order valence-electron chi connectivity index (χ2n) is 4.78. The van der Waals surface area contributed by atoms with Gasteiger partial charge in [0.15, 0.2) is 0 Å². The van der Waals surface area contributed by atoms with Crippen molar-refractivity contribution in [2.24, 2.45) is 0 Å². The highest BCUT2D eigenvalue weighted by Gasteiger charge is 2.10. The van der Waals surface area contributed by atoms with Crippen LogP contribution in [0.1, 0.15) is 32.3 Å². The molecule has 1 aromatic rings. The lowest BCUT2D eigenvalue weighted by atomic mass is 10.2. The molecule has 0 aromatic heterocycles. The summed E-state index contributed by atoms with van der Waals surface area (Å²) in [6.07, 6.45) is 2.15. The van der Waals surface area contributed by atoms with E-state index in [0.29, 0.717) is 6.54 Å². The van der Waals surface area contributed by atoms with Crippen LogP contribution >= 0.6 is 15.9 Å². The molecule has 0 aliphatic heterocycles. The molecule has 0 fully saturated rings. The average Bonchev–Trinajstić information content (AvgIpc) is 2.33. The Labute approximate surface area is 124 Å². The number of anilines is 1. The molecule has 19 heavy (non-hydrogen) atoms. The number of hydrogen-bond acceptors (Lipinski definition) is 2. The summed E-state index contributed by atoms with van der Waals surface area (Å²) in [7, 11) is 0. The molecule has 0 spiro atoms. The molecule has 1 amide bonds. The Morgan fingerprint density at radius 1 is 1.26 bits per heavy atom. The van der Waals surface area contributed by atoms with Crippen LogP contribution in [0.3, 0.4) is 0 Å². The Hall–Kier alpha value is -0.870. The van der Waals surface area contributed by atoms with Crippen molar-refractivity contribution >= 4 is 27.5 Å². The Morgan fingerprint density at radius 3 is 2.42 bits per heavy atom. The summed E-state index contributed by atoms with van der Waals surface area (Å²) >= 11 is 3.42. The Kier molecular flexibility index (Phi) is 7.10. The molecule has 1 aromatic carbocycles. The van der Waals surface area contributed by atoms with Crippen molar-refractivity contribution in [1.82, 2.24) is 4.90 Å². The molecular weight excluding hydrogens is 304 g/mol. The number of nitrogens with one attached hydrogen (secondary N) is 1. The van der Waals surface area contributed by atoms with Gasteiger partial charge in [0.05, 0.1) is 6.54 Å². The lowest BCUT2D eigenvalue weighted by molar-refractivity contribution is -0.117. The van der Waals surface area contributed by atoms with E-state index in [9.17, 15) is 4.79 Å². The molecule has 0 atom stereocenters. The molecule has 106 valence electrons. The predicted octanol–water partition coefficient (Wildman–Crippen LogP) is 3.82. The molecule has 0 heterocycles. The third kappa shape index (κ3) is 5.74. The molecule has 0 bridgehead atoms. The Morgan fingerprint density at radius 2 is 1.89 bits per heavy atom. The summed E-state index contributed by atoms with van der Waals surface area (Å²) < 4.78 is 1.03. The van der Waals surface area contributed by atoms with Gasteiger partial charge in [0, 0.05) is 10.2 Å². The first-order chi connectivity index (χ1) is 9.06. The highest BCUT2D eigenvalue weighted by atomic mass is 79.9. The minimum Gasteiger partial charge on any atom is -0.325 e. The smallest absolute Gasteiger partial charge is 0.238 e. The Bertz CT molecular complexity index is 415. The molecular formula is C15H23BrN2O. The quantitative estimate of drug-likeness (QED) is 0.826. The second kappa shape index (κ2) is 8.33. The SMILES string of the molecule is CCCN(CCC)CC(=O)Nc1ccc(Br)cc1C. The van der Waals surface area contributed by atoms with E-state index in [0.717, 1.165) is 41.7 Å². The summed E-state index contributed by atoms with van der Waals surface area (Å²) in [5.74, 6) is 0.0623. The van der Waals surface area contributed by atoms with Gasteiger partial charge >= 0.3 is 0 Å². The minimum absolute atomic E-state index is 0.0623. The van der Waals surface area contributed by atoms with Crippen molar-refractivity contribution in [2.45, 2.75) is 33.6 Å². The number of amides is 1. The van der Waals surface area contributed by atoms with E-state index < -0.39 is 0 Å². The van der Waals surface area contributed by atoms with Crippen LogP contribution in [0.4, 0.5) is 5.69 Å². The van der Waals surface area contributed by atoms with E-state index in [1.165, 1.54) is 0 Å². The van der Waals surface area contributed by atoms with Crippen molar-refractivity contribution in [2.75, 3.05) is 25.0 Å². The van der Waals surface area contributed by atoms with E-state index in [1.807, 2.05) is 25.1 Å². The standard InChI is InChI=1S/C15H23BrN2O/c1-4-8-18(9-5-2)11-15(19)17-14-7-6-13(16)10-12(14)3/h6-7,10H,4-5,8-9,11H2,1-3H3,(H,17,19). The van der Waals surface area contributed by atoms with Gasteiger partial charge in [-0.1, -0.05) is 29.8 Å². The van der Waals surface area contributed by atoms with E-state index in [2.05, 4.69) is 40.0 Å². The number of aryl methyl sites for hydroxylation is 1. The fourth-order valence-corrected chi connectivity index (χ4v) is 2.54.